The Kier molecular flexibility index (Phi) is 5.38. The van der Waals surface area contributed by atoms with Gasteiger partial charge < -0.3 is 4.74 Å². The Morgan fingerprint density at radius 1 is 1.10 bits per heavy atom. The predicted molar refractivity (Wildman–Crippen MR) is 78.1 cm³/mol. The van der Waals surface area contributed by atoms with Crippen LogP contribution in [0.5, 0.6) is 0 Å². The molecule has 0 radical (unpaired) electrons. The maximum absolute atomic E-state index is 12.3. The Balaban J connectivity index is 2.03. The zero-order chi connectivity index (χ0) is 14.5. The highest BCUT2D eigenvalue weighted by molar-refractivity contribution is 5.87. The van der Waals surface area contributed by atoms with Gasteiger partial charge >= 0.3 is 5.97 Å². The predicted octanol–water partition coefficient (Wildman–Crippen LogP) is 3.53. The highest BCUT2D eigenvalue weighted by atomic mass is 16.5. The summed E-state index contributed by atoms with van der Waals surface area (Å²) >= 11 is 0. The fraction of sp³-hybridized carbons (Fsp3) is 0.765. The summed E-state index contributed by atoms with van der Waals surface area (Å²) in [6.45, 7) is 4.20. The Morgan fingerprint density at radius 2 is 1.70 bits per heavy atom. The van der Waals surface area contributed by atoms with E-state index in [1.807, 2.05) is 0 Å². The quantitative estimate of drug-likeness (QED) is 0.439. The van der Waals surface area contributed by atoms with Crippen molar-refractivity contribution in [3.05, 3.63) is 12.2 Å². The standard InChI is InChI=1S/C17H26O3/c1-3-4-11-20-17(19)16-14-10-8-6-5-7-9-13(14)15(16)12(2)18/h5-6,13-16H,3-4,7-11H2,1-2H3/b6-5+/t13-,14-,15+,16-/m1/s1. The van der Waals surface area contributed by atoms with Crippen molar-refractivity contribution in [2.24, 2.45) is 23.7 Å². The number of unbranched alkanes of at least 4 members (excludes halogenated alkanes) is 1. The summed E-state index contributed by atoms with van der Waals surface area (Å²) in [5.41, 5.74) is 0. The summed E-state index contributed by atoms with van der Waals surface area (Å²) in [4.78, 5) is 24.2. The van der Waals surface area contributed by atoms with Crippen molar-refractivity contribution in [2.45, 2.75) is 52.4 Å². The van der Waals surface area contributed by atoms with Gasteiger partial charge in [0.2, 0.25) is 0 Å². The molecular formula is C17H26O3. The van der Waals surface area contributed by atoms with Crippen LogP contribution in [0.2, 0.25) is 0 Å². The first-order chi connectivity index (χ1) is 9.66. The van der Waals surface area contributed by atoms with E-state index in [0.29, 0.717) is 18.4 Å². The van der Waals surface area contributed by atoms with Crippen LogP contribution in [0.4, 0.5) is 0 Å². The van der Waals surface area contributed by atoms with Crippen LogP contribution in [0, 0.1) is 23.7 Å². The van der Waals surface area contributed by atoms with Crippen LogP contribution >= 0.6 is 0 Å². The van der Waals surface area contributed by atoms with Crippen LogP contribution in [0.15, 0.2) is 12.2 Å². The van der Waals surface area contributed by atoms with Gasteiger partial charge in [0.1, 0.15) is 5.78 Å². The normalized spacial score (nSPS) is 34.1. The summed E-state index contributed by atoms with van der Waals surface area (Å²) in [6.07, 6.45) is 10.4. The molecule has 0 aliphatic heterocycles. The van der Waals surface area contributed by atoms with Crippen LogP contribution < -0.4 is 0 Å². The SMILES string of the molecule is CCCCOC(=O)[C@@H]1[C@@H]2CC/C=C/CC[C@H]2[C@@H]1C(C)=O. The molecule has 3 nitrogen and oxygen atoms in total. The van der Waals surface area contributed by atoms with Gasteiger partial charge in [-0.3, -0.25) is 9.59 Å². The molecule has 0 aromatic heterocycles. The number of ketones is 1. The van der Waals surface area contributed by atoms with Gasteiger partial charge in [-0.1, -0.05) is 25.5 Å². The zero-order valence-corrected chi connectivity index (χ0v) is 12.6. The molecule has 2 rings (SSSR count). The Morgan fingerprint density at radius 3 is 2.25 bits per heavy atom. The van der Waals surface area contributed by atoms with Gasteiger partial charge in [-0.2, -0.15) is 0 Å². The lowest BCUT2D eigenvalue weighted by atomic mass is 9.52. The van der Waals surface area contributed by atoms with Gasteiger partial charge in [0, 0.05) is 5.92 Å². The number of allylic oxidation sites excluding steroid dienone is 2. The van der Waals surface area contributed by atoms with Gasteiger partial charge in [0.25, 0.3) is 0 Å². The summed E-state index contributed by atoms with van der Waals surface area (Å²) < 4.78 is 5.38. The van der Waals surface area contributed by atoms with Crippen molar-refractivity contribution in [3.8, 4) is 0 Å². The molecule has 1 fully saturated rings. The molecule has 0 spiro atoms. The van der Waals surface area contributed by atoms with Crippen molar-refractivity contribution in [1.82, 2.24) is 0 Å². The van der Waals surface area contributed by atoms with E-state index in [2.05, 4.69) is 19.1 Å². The molecular weight excluding hydrogens is 252 g/mol. The molecule has 2 aliphatic rings. The highest BCUT2D eigenvalue weighted by Crippen LogP contribution is 2.52. The summed E-state index contributed by atoms with van der Waals surface area (Å²) in [6, 6.07) is 0. The number of ether oxygens (including phenoxy) is 1. The van der Waals surface area contributed by atoms with E-state index in [-0.39, 0.29) is 23.6 Å². The van der Waals surface area contributed by atoms with Gasteiger partial charge in [-0.15, -0.1) is 0 Å². The number of Topliss-reactive ketones (excluding diaryl/α,β-unsaturated/α-hetero) is 1. The molecule has 2 aliphatic carbocycles. The third-order valence-corrected chi connectivity index (χ3v) is 4.84. The molecule has 0 bridgehead atoms. The van der Waals surface area contributed by atoms with Crippen molar-refractivity contribution in [2.75, 3.05) is 6.61 Å². The molecule has 0 heterocycles. The maximum Gasteiger partial charge on any atom is 0.309 e. The summed E-state index contributed by atoms with van der Waals surface area (Å²) in [5.74, 6) is 0.489. The van der Waals surface area contributed by atoms with Crippen molar-refractivity contribution >= 4 is 11.8 Å². The van der Waals surface area contributed by atoms with E-state index < -0.39 is 0 Å². The molecule has 4 atom stereocenters. The monoisotopic (exact) mass is 278 g/mol. The lowest BCUT2D eigenvalue weighted by Crippen LogP contribution is -2.54. The summed E-state index contributed by atoms with van der Waals surface area (Å²) in [7, 11) is 0. The van der Waals surface area contributed by atoms with E-state index in [1.165, 1.54) is 0 Å². The number of rotatable bonds is 5. The van der Waals surface area contributed by atoms with Gasteiger partial charge in [-0.25, -0.2) is 0 Å². The van der Waals surface area contributed by atoms with E-state index in [0.717, 1.165) is 38.5 Å². The van der Waals surface area contributed by atoms with Crippen molar-refractivity contribution in [3.63, 3.8) is 0 Å². The lowest BCUT2D eigenvalue weighted by Gasteiger charge is -2.50. The third-order valence-electron chi connectivity index (χ3n) is 4.84. The minimum Gasteiger partial charge on any atom is -0.465 e. The second kappa shape index (κ2) is 7.05. The van der Waals surface area contributed by atoms with E-state index in [4.69, 9.17) is 4.74 Å². The van der Waals surface area contributed by atoms with Crippen LogP contribution in [-0.2, 0) is 14.3 Å². The number of carbonyl (C=O) groups excluding carboxylic acids is 2. The van der Waals surface area contributed by atoms with Crippen LogP contribution in [0.1, 0.15) is 52.4 Å². The second-order valence-electron chi connectivity index (χ2n) is 6.14. The number of fused-ring (bicyclic) bond motifs is 1. The van der Waals surface area contributed by atoms with Crippen molar-refractivity contribution < 1.29 is 14.3 Å². The molecule has 0 saturated heterocycles. The minimum atomic E-state index is -0.180. The lowest BCUT2D eigenvalue weighted by molar-refractivity contribution is -0.171. The molecule has 3 heteroatoms. The van der Waals surface area contributed by atoms with Crippen LogP contribution in [0.25, 0.3) is 0 Å². The number of esters is 1. The highest BCUT2D eigenvalue weighted by Gasteiger charge is 2.55. The smallest absolute Gasteiger partial charge is 0.309 e. The molecule has 0 aromatic carbocycles. The zero-order valence-electron chi connectivity index (χ0n) is 12.6. The third kappa shape index (κ3) is 3.13. The molecule has 0 aromatic rings. The van der Waals surface area contributed by atoms with E-state index >= 15 is 0 Å². The number of carbonyl (C=O) groups is 2. The topological polar surface area (TPSA) is 43.4 Å². The van der Waals surface area contributed by atoms with Crippen LogP contribution in [-0.4, -0.2) is 18.4 Å². The van der Waals surface area contributed by atoms with E-state index in [1.54, 1.807) is 6.92 Å². The fourth-order valence-electron chi connectivity index (χ4n) is 3.81. The molecule has 20 heavy (non-hydrogen) atoms. The largest absolute Gasteiger partial charge is 0.465 e. The second-order valence-corrected chi connectivity index (χ2v) is 6.14. The fourth-order valence-corrected chi connectivity index (χ4v) is 3.81. The van der Waals surface area contributed by atoms with Gasteiger partial charge in [0.15, 0.2) is 0 Å². The number of hydrogen-bond donors (Lipinski definition) is 0. The first kappa shape index (κ1) is 15.3. The van der Waals surface area contributed by atoms with E-state index in [9.17, 15) is 9.59 Å². The Labute approximate surface area is 121 Å². The Hall–Kier alpha value is -1.12. The van der Waals surface area contributed by atoms with Crippen LogP contribution in [0.3, 0.4) is 0 Å². The average Bonchev–Trinajstić information content (AvgIpc) is 2.37. The van der Waals surface area contributed by atoms with Gasteiger partial charge in [0.05, 0.1) is 12.5 Å². The molecule has 0 unspecified atom stereocenters. The average molecular weight is 278 g/mol. The molecule has 0 amide bonds. The number of hydrogen-bond acceptors (Lipinski definition) is 3. The molecule has 112 valence electrons. The first-order valence-electron chi connectivity index (χ1n) is 7.99. The minimum absolute atomic E-state index is 0.0966. The van der Waals surface area contributed by atoms with Gasteiger partial charge in [-0.05, 0) is 50.9 Å². The summed E-state index contributed by atoms with van der Waals surface area (Å²) in [5, 5.41) is 0. The molecule has 0 N–H and O–H groups in total. The first-order valence-corrected chi connectivity index (χ1v) is 7.99. The van der Waals surface area contributed by atoms with Crippen molar-refractivity contribution in [1.29, 1.82) is 0 Å². The Bertz CT molecular complexity index is 386. The maximum atomic E-state index is 12.3. The molecule has 1 saturated carbocycles.